The first-order valence-electron chi connectivity index (χ1n) is 7.94. The van der Waals surface area contributed by atoms with Crippen LogP contribution in [0.25, 0.3) is 11.3 Å². The Hall–Kier alpha value is -1.61. The summed E-state index contributed by atoms with van der Waals surface area (Å²) < 4.78 is 10.6. The number of anilines is 2. The molecular formula is C14H20N6O2S. The lowest BCUT2D eigenvalue weighted by molar-refractivity contribution is -0.00542. The zero-order valence-electron chi connectivity index (χ0n) is 13.3. The maximum Gasteiger partial charge on any atom is 0.245 e. The second-order valence-electron chi connectivity index (χ2n) is 6.04. The Morgan fingerprint density at radius 3 is 2.09 bits per heavy atom. The first-order valence-corrected chi connectivity index (χ1v) is 9.09. The summed E-state index contributed by atoms with van der Waals surface area (Å²) >= 11 is 1.97. The summed E-state index contributed by atoms with van der Waals surface area (Å²) in [6, 6.07) is 0. The summed E-state index contributed by atoms with van der Waals surface area (Å²) in [5.41, 5.74) is 0.929. The van der Waals surface area contributed by atoms with Crippen LogP contribution >= 0.6 is 11.8 Å². The number of morpholine rings is 1. The van der Waals surface area contributed by atoms with Crippen LogP contribution in [0.2, 0.25) is 0 Å². The second kappa shape index (κ2) is 6.12. The molecule has 23 heavy (non-hydrogen) atoms. The Morgan fingerprint density at radius 1 is 0.913 bits per heavy atom. The summed E-state index contributed by atoms with van der Waals surface area (Å²) in [6.45, 7) is 7.71. The molecule has 2 aromatic heterocycles. The number of fused-ring (bicyclic) bond motifs is 1. The molecule has 0 aliphatic carbocycles. The number of aromatic nitrogens is 4. The maximum atomic E-state index is 5.84. The number of hydrogen-bond donors (Lipinski definition) is 0. The molecule has 2 saturated heterocycles. The highest BCUT2D eigenvalue weighted by molar-refractivity contribution is 7.99. The molecule has 8 nitrogen and oxygen atoms in total. The molecular weight excluding hydrogens is 316 g/mol. The van der Waals surface area contributed by atoms with Crippen LogP contribution in [0.4, 0.5) is 11.6 Å². The fourth-order valence-corrected chi connectivity index (χ4v) is 4.07. The number of thioether (sulfide) groups is 1. The van der Waals surface area contributed by atoms with E-state index in [0.717, 1.165) is 49.3 Å². The molecule has 2 atom stereocenters. The highest BCUT2D eigenvalue weighted by Crippen LogP contribution is 2.31. The Bertz CT molecular complexity index is 679. The molecule has 0 N–H and O–H groups in total. The molecule has 0 radical (unpaired) electrons. The molecule has 9 heteroatoms. The van der Waals surface area contributed by atoms with Crippen LogP contribution < -0.4 is 9.80 Å². The first-order chi connectivity index (χ1) is 11.2. The van der Waals surface area contributed by atoms with Gasteiger partial charge in [-0.25, -0.2) is 14.6 Å². The van der Waals surface area contributed by atoms with E-state index >= 15 is 0 Å². The average molecular weight is 336 g/mol. The Kier molecular flexibility index (Phi) is 3.98. The van der Waals surface area contributed by atoms with Crippen LogP contribution in [0.3, 0.4) is 0 Å². The number of rotatable bonds is 2. The van der Waals surface area contributed by atoms with Crippen LogP contribution in [-0.4, -0.2) is 70.2 Å². The lowest BCUT2D eigenvalue weighted by Gasteiger charge is -2.38. The molecule has 2 aromatic rings. The summed E-state index contributed by atoms with van der Waals surface area (Å²) in [5, 5.41) is 7.71. The minimum absolute atomic E-state index is 0.163. The molecule has 0 spiro atoms. The Morgan fingerprint density at radius 2 is 1.48 bits per heavy atom. The molecule has 0 amide bonds. The van der Waals surface area contributed by atoms with Gasteiger partial charge in [0.15, 0.2) is 11.6 Å². The van der Waals surface area contributed by atoms with Gasteiger partial charge in [-0.3, -0.25) is 0 Å². The lowest BCUT2D eigenvalue weighted by Crippen LogP contribution is -2.47. The van der Waals surface area contributed by atoms with E-state index in [2.05, 4.69) is 38.9 Å². The Balaban J connectivity index is 1.76. The van der Waals surface area contributed by atoms with E-state index in [0.29, 0.717) is 11.3 Å². The molecule has 2 aliphatic rings. The van der Waals surface area contributed by atoms with Crippen molar-refractivity contribution >= 4 is 34.7 Å². The Labute approximate surface area is 138 Å². The summed E-state index contributed by atoms with van der Waals surface area (Å²) in [7, 11) is 0. The third-order valence-corrected chi connectivity index (χ3v) is 5.05. The van der Waals surface area contributed by atoms with Gasteiger partial charge >= 0.3 is 0 Å². The van der Waals surface area contributed by atoms with Crippen molar-refractivity contribution in [2.45, 2.75) is 26.1 Å². The molecule has 4 heterocycles. The van der Waals surface area contributed by atoms with E-state index in [9.17, 15) is 0 Å². The monoisotopic (exact) mass is 336 g/mol. The minimum Gasteiger partial charge on any atom is -0.372 e. The van der Waals surface area contributed by atoms with Gasteiger partial charge in [0, 0.05) is 37.7 Å². The van der Waals surface area contributed by atoms with Gasteiger partial charge < -0.3 is 14.5 Å². The molecule has 2 fully saturated rings. The second-order valence-corrected chi connectivity index (χ2v) is 7.27. The minimum atomic E-state index is 0.163. The SMILES string of the molecule is C[C@@H]1CN(c2nc3nonc3nc2N2CCSCC2)C[C@H](C)O1. The molecule has 0 saturated carbocycles. The number of hydrogen-bond acceptors (Lipinski definition) is 9. The number of nitrogens with zero attached hydrogens (tertiary/aromatic N) is 6. The van der Waals surface area contributed by atoms with Gasteiger partial charge in [0.05, 0.1) is 12.2 Å². The zero-order valence-corrected chi connectivity index (χ0v) is 14.1. The van der Waals surface area contributed by atoms with Gasteiger partial charge in [0.25, 0.3) is 0 Å². The van der Waals surface area contributed by atoms with Crippen molar-refractivity contribution in [1.82, 2.24) is 20.3 Å². The van der Waals surface area contributed by atoms with Crippen molar-refractivity contribution in [2.24, 2.45) is 0 Å². The molecule has 2 aliphatic heterocycles. The van der Waals surface area contributed by atoms with Gasteiger partial charge in [-0.2, -0.15) is 11.8 Å². The van der Waals surface area contributed by atoms with E-state index in [1.807, 2.05) is 11.8 Å². The van der Waals surface area contributed by atoms with Gasteiger partial charge in [0.1, 0.15) is 0 Å². The zero-order chi connectivity index (χ0) is 15.8. The predicted molar refractivity (Wildman–Crippen MR) is 89.2 cm³/mol. The van der Waals surface area contributed by atoms with Crippen LogP contribution in [0.5, 0.6) is 0 Å². The average Bonchev–Trinajstić information content (AvgIpc) is 3.01. The standard InChI is InChI=1S/C14H20N6O2S/c1-9-7-20(8-10(2)21-9)14-13(19-3-5-23-6-4-19)15-11-12(16-14)18-22-17-11/h9-10H,3-8H2,1-2H3/t9-,10+. The van der Waals surface area contributed by atoms with Crippen molar-refractivity contribution in [3.63, 3.8) is 0 Å². The summed E-state index contributed by atoms with van der Waals surface area (Å²) in [4.78, 5) is 13.9. The maximum absolute atomic E-state index is 5.84. The van der Waals surface area contributed by atoms with Crippen molar-refractivity contribution < 1.29 is 9.37 Å². The predicted octanol–water partition coefficient (Wildman–Crippen LogP) is 1.18. The summed E-state index contributed by atoms with van der Waals surface area (Å²) in [6.07, 6.45) is 0.327. The lowest BCUT2D eigenvalue weighted by atomic mass is 10.2. The van der Waals surface area contributed by atoms with E-state index < -0.39 is 0 Å². The first kappa shape index (κ1) is 14.9. The van der Waals surface area contributed by atoms with Gasteiger partial charge in [0.2, 0.25) is 11.3 Å². The molecule has 0 unspecified atom stereocenters. The largest absolute Gasteiger partial charge is 0.372 e. The van der Waals surface area contributed by atoms with Crippen LogP contribution in [-0.2, 0) is 4.74 Å². The van der Waals surface area contributed by atoms with Gasteiger partial charge in [-0.05, 0) is 24.2 Å². The molecule has 0 bridgehead atoms. The van der Waals surface area contributed by atoms with E-state index in [-0.39, 0.29) is 12.2 Å². The van der Waals surface area contributed by atoms with Crippen LogP contribution in [0, 0.1) is 0 Å². The van der Waals surface area contributed by atoms with Crippen molar-refractivity contribution in [3.8, 4) is 0 Å². The molecule has 124 valence electrons. The quantitative estimate of drug-likeness (QED) is 0.803. The van der Waals surface area contributed by atoms with Crippen LogP contribution in [0.1, 0.15) is 13.8 Å². The van der Waals surface area contributed by atoms with Gasteiger partial charge in [-0.1, -0.05) is 0 Å². The van der Waals surface area contributed by atoms with Crippen molar-refractivity contribution in [2.75, 3.05) is 47.5 Å². The third kappa shape index (κ3) is 2.94. The van der Waals surface area contributed by atoms with Crippen LogP contribution in [0.15, 0.2) is 4.63 Å². The molecule has 4 rings (SSSR count). The van der Waals surface area contributed by atoms with Crippen molar-refractivity contribution in [1.29, 1.82) is 0 Å². The molecule has 0 aromatic carbocycles. The van der Waals surface area contributed by atoms with Gasteiger partial charge in [-0.15, -0.1) is 0 Å². The fourth-order valence-electron chi connectivity index (χ4n) is 3.17. The topological polar surface area (TPSA) is 80.4 Å². The van der Waals surface area contributed by atoms with Crippen molar-refractivity contribution in [3.05, 3.63) is 0 Å². The van der Waals surface area contributed by atoms with E-state index in [4.69, 9.17) is 14.3 Å². The van der Waals surface area contributed by atoms with E-state index in [1.54, 1.807) is 0 Å². The highest BCUT2D eigenvalue weighted by atomic mass is 32.2. The van der Waals surface area contributed by atoms with E-state index in [1.165, 1.54) is 0 Å². The smallest absolute Gasteiger partial charge is 0.245 e. The normalized spacial score (nSPS) is 26.0. The summed E-state index contributed by atoms with van der Waals surface area (Å²) in [5.74, 6) is 3.95. The number of ether oxygens (including phenoxy) is 1. The highest BCUT2D eigenvalue weighted by Gasteiger charge is 2.29. The third-order valence-electron chi connectivity index (χ3n) is 4.11. The fraction of sp³-hybridized carbons (Fsp3) is 0.714.